The quantitative estimate of drug-likeness (QED) is 0.918. The van der Waals surface area contributed by atoms with Gasteiger partial charge in [-0.25, -0.2) is 15.0 Å². The molecule has 0 bridgehead atoms. The molecule has 0 fully saturated rings. The fourth-order valence-electron chi connectivity index (χ4n) is 2.76. The van der Waals surface area contributed by atoms with Crippen LogP contribution in [0.3, 0.4) is 0 Å². The van der Waals surface area contributed by atoms with Gasteiger partial charge in [0, 0.05) is 24.0 Å². The zero-order valence-corrected chi connectivity index (χ0v) is 14.0. The number of nitrogens with zero attached hydrogens (tertiary/aromatic N) is 6. The number of amides is 1. The molecule has 1 N–H and O–H groups in total. The Kier molecular flexibility index (Phi) is 3.72. The van der Waals surface area contributed by atoms with Gasteiger partial charge in [-0.15, -0.1) is 0 Å². The predicted molar refractivity (Wildman–Crippen MR) is 96.3 cm³/mol. The minimum atomic E-state index is -0.0767. The summed E-state index contributed by atoms with van der Waals surface area (Å²) in [6.07, 6.45) is 5.14. The summed E-state index contributed by atoms with van der Waals surface area (Å²) in [5, 5.41) is 2.77. The van der Waals surface area contributed by atoms with E-state index in [0.29, 0.717) is 29.7 Å². The van der Waals surface area contributed by atoms with Crippen LogP contribution in [0.1, 0.15) is 19.5 Å². The van der Waals surface area contributed by atoms with Gasteiger partial charge in [0.15, 0.2) is 17.5 Å². The summed E-state index contributed by atoms with van der Waals surface area (Å²) < 4.78 is 0. The van der Waals surface area contributed by atoms with Crippen molar-refractivity contribution in [2.45, 2.75) is 19.9 Å². The first-order valence-electron chi connectivity index (χ1n) is 8.09. The van der Waals surface area contributed by atoms with Crippen molar-refractivity contribution in [1.29, 1.82) is 0 Å². The highest BCUT2D eigenvalue weighted by molar-refractivity contribution is 6.05. The third kappa shape index (κ3) is 2.86. The van der Waals surface area contributed by atoms with Gasteiger partial charge in [-0.1, -0.05) is 0 Å². The summed E-state index contributed by atoms with van der Waals surface area (Å²) in [6.45, 7) is 4.93. The van der Waals surface area contributed by atoms with Gasteiger partial charge in [0.2, 0.25) is 5.91 Å². The molecule has 8 nitrogen and oxygen atoms in total. The van der Waals surface area contributed by atoms with Gasteiger partial charge in [0.1, 0.15) is 5.69 Å². The zero-order valence-electron chi connectivity index (χ0n) is 14.0. The molecule has 0 atom stereocenters. The van der Waals surface area contributed by atoms with Crippen LogP contribution in [0.5, 0.6) is 0 Å². The Hall–Kier alpha value is -3.16. The molecule has 2 aliphatic rings. The number of hydrogen-bond acceptors (Lipinski definition) is 7. The maximum absolute atomic E-state index is 11.8. The Morgan fingerprint density at radius 2 is 2.04 bits per heavy atom. The summed E-state index contributed by atoms with van der Waals surface area (Å²) in [6, 6.07) is 3.95. The van der Waals surface area contributed by atoms with Crippen LogP contribution in [0, 0.1) is 0 Å². The summed E-state index contributed by atoms with van der Waals surface area (Å²) in [4.78, 5) is 35.7. The van der Waals surface area contributed by atoms with E-state index in [1.807, 2.05) is 30.9 Å². The highest BCUT2D eigenvalue weighted by Crippen LogP contribution is 2.29. The summed E-state index contributed by atoms with van der Waals surface area (Å²) >= 11 is 0. The van der Waals surface area contributed by atoms with Gasteiger partial charge >= 0.3 is 0 Å². The maximum Gasteiger partial charge on any atom is 0.245 e. The number of aromatic nitrogens is 3. The monoisotopic (exact) mass is 335 g/mol. The van der Waals surface area contributed by atoms with E-state index < -0.39 is 0 Å². The normalized spacial score (nSPS) is 16.0. The van der Waals surface area contributed by atoms with E-state index in [4.69, 9.17) is 4.98 Å². The second-order valence-corrected chi connectivity index (χ2v) is 6.11. The molecule has 0 radical (unpaired) electrons. The van der Waals surface area contributed by atoms with Gasteiger partial charge < -0.3 is 10.2 Å². The first kappa shape index (κ1) is 15.4. The fourth-order valence-corrected chi connectivity index (χ4v) is 2.76. The largest absolute Gasteiger partial charge is 0.342 e. The summed E-state index contributed by atoms with van der Waals surface area (Å²) in [7, 11) is 0. The minimum Gasteiger partial charge on any atom is -0.342 e. The molecule has 0 unspecified atom stereocenters. The zero-order chi connectivity index (χ0) is 17.4. The summed E-state index contributed by atoms with van der Waals surface area (Å²) in [5.74, 6) is 1.75. The highest BCUT2D eigenvalue weighted by Gasteiger charge is 2.26. The number of nitrogens with one attached hydrogen (secondary N) is 1. The third-order valence-corrected chi connectivity index (χ3v) is 4.05. The van der Waals surface area contributed by atoms with Crippen molar-refractivity contribution in [3.05, 3.63) is 30.2 Å². The number of amidine groups is 1. The molecule has 4 rings (SSSR count). The second-order valence-electron chi connectivity index (χ2n) is 6.11. The van der Waals surface area contributed by atoms with Crippen LogP contribution >= 0.6 is 0 Å². The van der Waals surface area contributed by atoms with E-state index in [0.717, 1.165) is 11.3 Å². The van der Waals surface area contributed by atoms with Crippen LogP contribution in [-0.2, 0) is 4.79 Å². The molecule has 4 heterocycles. The van der Waals surface area contributed by atoms with Crippen LogP contribution in [0.2, 0.25) is 0 Å². The van der Waals surface area contributed by atoms with Gasteiger partial charge in [-0.05, 0) is 26.0 Å². The first-order chi connectivity index (χ1) is 12.1. The van der Waals surface area contributed by atoms with Crippen molar-refractivity contribution < 1.29 is 4.79 Å². The van der Waals surface area contributed by atoms with E-state index >= 15 is 0 Å². The van der Waals surface area contributed by atoms with Gasteiger partial charge in [0.25, 0.3) is 0 Å². The lowest BCUT2D eigenvalue weighted by molar-refractivity contribution is -0.115. The van der Waals surface area contributed by atoms with E-state index in [-0.39, 0.29) is 18.5 Å². The molecule has 2 aromatic rings. The SMILES string of the molecule is CC(C)N1CC(=O)Nc2ncc(-c3ccc(C4=NCC=N4)nc3)nc21. The number of pyridine rings is 1. The molecule has 0 saturated heterocycles. The van der Waals surface area contributed by atoms with Crippen molar-refractivity contribution >= 4 is 29.6 Å². The van der Waals surface area contributed by atoms with Crippen molar-refractivity contribution in [3.8, 4) is 11.3 Å². The molecule has 2 aliphatic heterocycles. The van der Waals surface area contributed by atoms with Crippen molar-refractivity contribution in [3.63, 3.8) is 0 Å². The lowest BCUT2D eigenvalue weighted by Gasteiger charge is -2.32. The molecule has 126 valence electrons. The van der Waals surface area contributed by atoms with Gasteiger partial charge in [-0.2, -0.15) is 0 Å². The van der Waals surface area contributed by atoms with Crippen molar-refractivity contribution in [1.82, 2.24) is 15.0 Å². The van der Waals surface area contributed by atoms with E-state index in [1.54, 1.807) is 18.6 Å². The lowest BCUT2D eigenvalue weighted by Crippen LogP contribution is -2.43. The molecule has 0 aromatic carbocycles. The number of aliphatic imine (C=N–C) groups is 2. The molecule has 0 aliphatic carbocycles. The van der Waals surface area contributed by atoms with Crippen molar-refractivity contribution in [2.75, 3.05) is 23.3 Å². The molecule has 25 heavy (non-hydrogen) atoms. The molecular formula is C17H17N7O. The van der Waals surface area contributed by atoms with Crippen molar-refractivity contribution in [2.24, 2.45) is 9.98 Å². The maximum atomic E-state index is 11.8. The smallest absolute Gasteiger partial charge is 0.245 e. The van der Waals surface area contributed by atoms with E-state index in [1.165, 1.54) is 0 Å². The Morgan fingerprint density at radius 1 is 1.16 bits per heavy atom. The minimum absolute atomic E-state index is 0.0767. The van der Waals surface area contributed by atoms with E-state index in [2.05, 4.69) is 25.3 Å². The highest BCUT2D eigenvalue weighted by atomic mass is 16.2. The number of anilines is 2. The Labute approximate surface area is 144 Å². The Balaban J connectivity index is 1.68. The molecule has 8 heteroatoms. The number of carbonyl (C=O) groups excluding carboxylic acids is 1. The standard InChI is InChI=1S/C17H17N7O/c1-10(2)24-9-14(25)23-16-17(24)22-13(8-21-16)11-3-4-12(20-7-11)15-18-5-6-19-15/h3-5,7-8,10H,6,9H2,1-2H3,(H,21,23,25). The average molecular weight is 335 g/mol. The van der Waals surface area contributed by atoms with Crippen LogP contribution < -0.4 is 10.2 Å². The van der Waals surface area contributed by atoms with Crippen LogP contribution in [0.15, 0.2) is 34.5 Å². The molecular weight excluding hydrogens is 318 g/mol. The van der Waals surface area contributed by atoms with E-state index in [9.17, 15) is 4.79 Å². The second kappa shape index (κ2) is 6.04. The Morgan fingerprint density at radius 3 is 2.72 bits per heavy atom. The average Bonchev–Trinajstić information content (AvgIpc) is 3.15. The molecule has 2 aromatic heterocycles. The fraction of sp³-hybridized carbons (Fsp3) is 0.294. The first-order valence-corrected chi connectivity index (χ1v) is 8.09. The lowest BCUT2D eigenvalue weighted by atomic mass is 10.2. The number of rotatable bonds is 3. The van der Waals surface area contributed by atoms with Gasteiger partial charge in [-0.3, -0.25) is 14.8 Å². The van der Waals surface area contributed by atoms with Crippen LogP contribution in [0.4, 0.5) is 11.6 Å². The number of carbonyl (C=O) groups is 1. The van der Waals surface area contributed by atoms with Gasteiger partial charge in [0.05, 0.1) is 25.0 Å². The number of hydrogen-bond donors (Lipinski definition) is 1. The molecule has 1 amide bonds. The topological polar surface area (TPSA) is 95.7 Å². The third-order valence-electron chi connectivity index (χ3n) is 4.05. The molecule has 0 saturated carbocycles. The molecule has 0 spiro atoms. The van der Waals surface area contributed by atoms with Crippen LogP contribution in [0.25, 0.3) is 11.3 Å². The van der Waals surface area contributed by atoms with Crippen LogP contribution in [-0.4, -0.2) is 52.0 Å². The number of fused-ring (bicyclic) bond motifs is 1. The predicted octanol–water partition coefficient (Wildman–Crippen LogP) is 1.54. The Bertz CT molecular complexity index is 886. The summed E-state index contributed by atoms with van der Waals surface area (Å²) in [5.41, 5.74) is 2.29.